The zero-order valence-electron chi connectivity index (χ0n) is 14.6. The van der Waals surface area contributed by atoms with Crippen LogP contribution in [0.5, 0.6) is 0 Å². The summed E-state index contributed by atoms with van der Waals surface area (Å²) in [6.45, 7) is 0. The molecule has 4 rings (SSSR count). The molecule has 7 heteroatoms. The largest absolute Gasteiger partial charge is 0.372 e. The molecule has 28 heavy (non-hydrogen) atoms. The predicted molar refractivity (Wildman–Crippen MR) is 104 cm³/mol. The van der Waals surface area contributed by atoms with E-state index >= 15 is 0 Å². The molecule has 0 spiro atoms. The molecule has 138 valence electrons. The van der Waals surface area contributed by atoms with Crippen LogP contribution >= 0.6 is 0 Å². The number of carbonyl (C=O) groups excluding carboxylic acids is 1. The Morgan fingerprint density at radius 3 is 2.21 bits per heavy atom. The van der Waals surface area contributed by atoms with E-state index in [0.29, 0.717) is 16.7 Å². The van der Waals surface area contributed by atoms with Gasteiger partial charge in [0.25, 0.3) is 11.6 Å². The quantitative estimate of drug-likeness (QED) is 0.417. The molecule has 0 aromatic heterocycles. The fourth-order valence-corrected chi connectivity index (χ4v) is 3.42. The maximum atomic E-state index is 12.9. The number of nitrogens with one attached hydrogen (secondary N) is 1. The average Bonchev–Trinajstić information content (AvgIpc) is 2.99. The number of hydrogen-bond acceptors (Lipinski definition) is 5. The zero-order chi connectivity index (χ0) is 19.7. The van der Waals surface area contributed by atoms with Crippen LogP contribution in [0, 0.1) is 10.1 Å². The van der Waals surface area contributed by atoms with Crippen molar-refractivity contribution in [3.05, 3.63) is 99.6 Å². The SMILES string of the molecule is O=C(N/N=C\c1cccc([N+](=O)[O-])c1)C1(O)c2ccccc2-c2ccccc21. The van der Waals surface area contributed by atoms with Gasteiger partial charge in [-0.3, -0.25) is 14.9 Å². The van der Waals surface area contributed by atoms with Gasteiger partial charge in [0.05, 0.1) is 11.1 Å². The van der Waals surface area contributed by atoms with Crippen LogP contribution in [0.3, 0.4) is 0 Å². The van der Waals surface area contributed by atoms with Crippen LogP contribution in [0.1, 0.15) is 16.7 Å². The lowest BCUT2D eigenvalue weighted by atomic mass is 9.91. The molecule has 3 aromatic carbocycles. The lowest BCUT2D eigenvalue weighted by molar-refractivity contribution is -0.384. The fourth-order valence-electron chi connectivity index (χ4n) is 3.42. The van der Waals surface area contributed by atoms with Crippen LogP contribution in [0.2, 0.25) is 0 Å². The minimum absolute atomic E-state index is 0.0763. The van der Waals surface area contributed by atoms with Gasteiger partial charge in [0.15, 0.2) is 5.60 Å². The number of fused-ring (bicyclic) bond motifs is 3. The molecule has 0 saturated heterocycles. The van der Waals surface area contributed by atoms with Gasteiger partial charge in [-0.2, -0.15) is 5.10 Å². The van der Waals surface area contributed by atoms with Crippen molar-refractivity contribution >= 4 is 17.8 Å². The lowest BCUT2D eigenvalue weighted by Gasteiger charge is -2.23. The van der Waals surface area contributed by atoms with Gasteiger partial charge in [-0.1, -0.05) is 60.7 Å². The van der Waals surface area contributed by atoms with Gasteiger partial charge < -0.3 is 5.11 Å². The van der Waals surface area contributed by atoms with Gasteiger partial charge in [-0.05, 0) is 11.1 Å². The Balaban J connectivity index is 1.63. The number of nitro groups is 1. The van der Waals surface area contributed by atoms with Crippen molar-refractivity contribution in [2.45, 2.75) is 5.60 Å². The molecule has 0 radical (unpaired) electrons. The van der Waals surface area contributed by atoms with Gasteiger partial charge in [0.1, 0.15) is 0 Å². The molecular weight excluding hydrogens is 358 g/mol. The van der Waals surface area contributed by atoms with E-state index in [1.807, 2.05) is 24.3 Å². The first-order chi connectivity index (χ1) is 13.5. The molecule has 1 aliphatic carbocycles. The summed E-state index contributed by atoms with van der Waals surface area (Å²) in [5.74, 6) is -0.702. The third-order valence-electron chi connectivity index (χ3n) is 4.71. The molecule has 7 nitrogen and oxygen atoms in total. The summed E-state index contributed by atoms with van der Waals surface area (Å²) in [5.41, 5.74) is 3.41. The van der Waals surface area contributed by atoms with E-state index in [0.717, 1.165) is 11.1 Å². The topological polar surface area (TPSA) is 105 Å². The molecular formula is C21H15N3O4. The third kappa shape index (κ3) is 2.74. The highest BCUT2D eigenvalue weighted by molar-refractivity contribution is 5.99. The Labute approximate surface area is 160 Å². The summed E-state index contributed by atoms with van der Waals surface area (Å²) in [7, 11) is 0. The minimum Gasteiger partial charge on any atom is -0.372 e. The second-order valence-corrected chi connectivity index (χ2v) is 6.35. The number of aliphatic hydroxyl groups is 1. The van der Waals surface area contributed by atoms with Crippen LogP contribution < -0.4 is 5.43 Å². The standard InChI is InChI=1S/C21H15N3O4/c25-20(23-22-13-14-6-5-7-15(12-14)24(27)28)21(26)18-10-3-1-8-16(18)17-9-2-4-11-19(17)21/h1-13,26H,(H,23,25)/b22-13-. The molecule has 0 atom stereocenters. The number of carbonyl (C=O) groups is 1. The van der Waals surface area contributed by atoms with E-state index in [-0.39, 0.29) is 5.69 Å². The predicted octanol–water partition coefficient (Wildman–Crippen LogP) is 2.96. The first kappa shape index (κ1) is 17.6. The molecule has 0 saturated carbocycles. The first-order valence-electron chi connectivity index (χ1n) is 8.51. The first-order valence-corrected chi connectivity index (χ1v) is 8.51. The van der Waals surface area contributed by atoms with Crippen molar-refractivity contribution in [2.24, 2.45) is 5.10 Å². The number of rotatable bonds is 4. The van der Waals surface area contributed by atoms with E-state index in [1.165, 1.54) is 24.4 Å². The van der Waals surface area contributed by atoms with Gasteiger partial charge in [-0.25, -0.2) is 5.43 Å². The molecule has 2 N–H and O–H groups in total. The third-order valence-corrected chi connectivity index (χ3v) is 4.71. The second-order valence-electron chi connectivity index (χ2n) is 6.35. The monoisotopic (exact) mass is 373 g/mol. The molecule has 0 aliphatic heterocycles. The summed E-state index contributed by atoms with van der Waals surface area (Å²) in [6.07, 6.45) is 1.29. The van der Waals surface area contributed by atoms with Crippen LogP contribution in [0.4, 0.5) is 5.69 Å². The highest BCUT2D eigenvalue weighted by Gasteiger charge is 2.47. The number of hydrazone groups is 1. The van der Waals surface area contributed by atoms with Crippen molar-refractivity contribution in [3.63, 3.8) is 0 Å². The molecule has 1 amide bonds. The van der Waals surface area contributed by atoms with Crippen LogP contribution in [0.25, 0.3) is 11.1 Å². The molecule has 0 unspecified atom stereocenters. The maximum Gasteiger partial charge on any atom is 0.281 e. The molecule has 1 aliphatic rings. The number of amides is 1. The molecule has 3 aromatic rings. The minimum atomic E-state index is -1.87. The average molecular weight is 373 g/mol. The Bertz CT molecular complexity index is 1080. The van der Waals surface area contributed by atoms with E-state index in [4.69, 9.17) is 0 Å². The van der Waals surface area contributed by atoms with Crippen LogP contribution in [-0.4, -0.2) is 22.2 Å². The van der Waals surface area contributed by atoms with Crippen LogP contribution in [0.15, 0.2) is 77.9 Å². The van der Waals surface area contributed by atoms with Crippen molar-refractivity contribution < 1.29 is 14.8 Å². The van der Waals surface area contributed by atoms with Crippen molar-refractivity contribution in [1.29, 1.82) is 0 Å². The summed E-state index contributed by atoms with van der Waals surface area (Å²) in [5, 5.41) is 26.0. The zero-order valence-corrected chi connectivity index (χ0v) is 14.6. The highest BCUT2D eigenvalue weighted by atomic mass is 16.6. The second kappa shape index (κ2) is 6.71. The molecule has 0 heterocycles. The fraction of sp³-hybridized carbons (Fsp3) is 0.0476. The number of hydrogen-bond donors (Lipinski definition) is 2. The number of nitrogens with zero attached hydrogens (tertiary/aromatic N) is 2. The normalized spacial score (nSPS) is 13.8. The lowest BCUT2D eigenvalue weighted by Crippen LogP contribution is -2.42. The smallest absolute Gasteiger partial charge is 0.281 e. The summed E-state index contributed by atoms with van der Waals surface area (Å²) >= 11 is 0. The maximum absolute atomic E-state index is 12.9. The molecule has 0 bridgehead atoms. The van der Waals surface area contributed by atoms with Crippen molar-refractivity contribution in [2.75, 3.05) is 0 Å². The summed E-state index contributed by atoms with van der Waals surface area (Å²) < 4.78 is 0. The van der Waals surface area contributed by atoms with E-state index in [1.54, 1.807) is 30.3 Å². The van der Waals surface area contributed by atoms with E-state index in [2.05, 4.69) is 10.5 Å². The van der Waals surface area contributed by atoms with Gasteiger partial charge in [0.2, 0.25) is 0 Å². The number of benzene rings is 3. The van der Waals surface area contributed by atoms with Gasteiger partial charge in [0, 0.05) is 28.8 Å². The Kier molecular flexibility index (Phi) is 4.21. The summed E-state index contributed by atoms with van der Waals surface area (Å²) in [6, 6.07) is 20.2. The Hall–Kier alpha value is -3.84. The van der Waals surface area contributed by atoms with Gasteiger partial charge in [-0.15, -0.1) is 0 Å². The van der Waals surface area contributed by atoms with E-state index < -0.39 is 16.4 Å². The van der Waals surface area contributed by atoms with Crippen molar-refractivity contribution in [3.8, 4) is 11.1 Å². The van der Waals surface area contributed by atoms with Crippen LogP contribution in [-0.2, 0) is 10.4 Å². The molecule has 0 fully saturated rings. The Morgan fingerprint density at radius 1 is 1.00 bits per heavy atom. The highest BCUT2D eigenvalue weighted by Crippen LogP contribution is 2.47. The Morgan fingerprint density at radius 2 is 1.61 bits per heavy atom. The van der Waals surface area contributed by atoms with Gasteiger partial charge >= 0.3 is 0 Å². The number of non-ortho nitro benzene ring substituents is 1. The van der Waals surface area contributed by atoms with Crippen molar-refractivity contribution in [1.82, 2.24) is 5.43 Å². The van der Waals surface area contributed by atoms with E-state index in [9.17, 15) is 20.0 Å². The number of nitro benzene ring substituents is 1. The summed E-state index contributed by atoms with van der Waals surface area (Å²) in [4.78, 5) is 23.2.